The first kappa shape index (κ1) is 16.7. The van der Waals surface area contributed by atoms with E-state index in [9.17, 15) is 14.3 Å². The van der Waals surface area contributed by atoms with Crippen LogP contribution in [0.5, 0.6) is 0 Å². The molecule has 1 unspecified atom stereocenters. The van der Waals surface area contributed by atoms with Gasteiger partial charge in [-0.25, -0.2) is 4.39 Å². The molecule has 3 nitrogen and oxygen atoms in total. The van der Waals surface area contributed by atoms with Crippen LogP contribution in [0, 0.1) is 5.82 Å². The van der Waals surface area contributed by atoms with Gasteiger partial charge in [0.1, 0.15) is 5.82 Å². The van der Waals surface area contributed by atoms with E-state index in [4.69, 9.17) is 23.2 Å². The third-order valence-corrected chi connectivity index (χ3v) is 3.84. The molecule has 0 saturated carbocycles. The Bertz CT molecular complexity index is 662. The summed E-state index contributed by atoms with van der Waals surface area (Å²) in [4.78, 5) is 11.8. The van der Waals surface area contributed by atoms with E-state index in [0.717, 1.165) is 5.56 Å². The molecule has 0 fully saturated rings. The quantitative estimate of drug-likeness (QED) is 0.873. The Morgan fingerprint density at radius 1 is 1.14 bits per heavy atom. The Balaban J connectivity index is 1.86. The number of hydrogen-bond acceptors (Lipinski definition) is 2. The lowest BCUT2D eigenvalue weighted by molar-refractivity contribution is -0.120. The van der Waals surface area contributed by atoms with Crippen LogP contribution in [-0.2, 0) is 11.2 Å². The second kappa shape index (κ2) is 7.58. The van der Waals surface area contributed by atoms with Gasteiger partial charge in [0.15, 0.2) is 0 Å². The van der Waals surface area contributed by atoms with Crippen molar-refractivity contribution in [3.05, 3.63) is 69.5 Å². The Hall–Kier alpha value is -1.62. The highest BCUT2D eigenvalue weighted by atomic mass is 35.5. The fourth-order valence-electron chi connectivity index (χ4n) is 1.91. The summed E-state index contributed by atoms with van der Waals surface area (Å²) in [5, 5.41) is 13.4. The van der Waals surface area contributed by atoms with Gasteiger partial charge in [-0.1, -0.05) is 41.4 Å². The summed E-state index contributed by atoms with van der Waals surface area (Å²) in [5.74, 6) is -0.626. The molecule has 2 N–H and O–H groups in total. The largest absolute Gasteiger partial charge is 0.387 e. The molecule has 0 heterocycles. The van der Waals surface area contributed by atoms with Gasteiger partial charge in [-0.15, -0.1) is 0 Å². The fraction of sp³-hybridized carbons (Fsp3) is 0.188. The Labute approximate surface area is 137 Å². The van der Waals surface area contributed by atoms with E-state index in [1.165, 1.54) is 24.3 Å². The number of benzene rings is 2. The van der Waals surface area contributed by atoms with E-state index >= 15 is 0 Å². The molecule has 0 aliphatic heterocycles. The highest BCUT2D eigenvalue weighted by Gasteiger charge is 2.10. The van der Waals surface area contributed by atoms with Gasteiger partial charge in [0, 0.05) is 6.54 Å². The lowest BCUT2D eigenvalue weighted by atomic mass is 10.1. The van der Waals surface area contributed by atoms with Gasteiger partial charge in [0.25, 0.3) is 0 Å². The number of rotatable bonds is 5. The standard InChI is InChI=1S/C16H14Cl2FNO2/c17-13-6-1-10(7-14(13)18)8-16(22)20-9-15(21)11-2-4-12(19)5-3-11/h1-7,15,21H,8-9H2,(H,20,22). The normalized spacial score (nSPS) is 12.0. The molecule has 0 radical (unpaired) electrons. The Kier molecular flexibility index (Phi) is 5.77. The molecule has 116 valence electrons. The van der Waals surface area contributed by atoms with Crippen molar-refractivity contribution in [1.29, 1.82) is 0 Å². The molecule has 0 spiro atoms. The van der Waals surface area contributed by atoms with E-state index < -0.39 is 6.10 Å². The van der Waals surface area contributed by atoms with Crippen molar-refractivity contribution in [1.82, 2.24) is 5.32 Å². The zero-order valence-electron chi connectivity index (χ0n) is 11.5. The minimum atomic E-state index is -0.890. The fourth-order valence-corrected chi connectivity index (χ4v) is 2.23. The third-order valence-electron chi connectivity index (χ3n) is 3.10. The average Bonchev–Trinajstić information content (AvgIpc) is 2.49. The first-order valence-electron chi connectivity index (χ1n) is 6.60. The smallest absolute Gasteiger partial charge is 0.224 e. The molecule has 0 aliphatic carbocycles. The van der Waals surface area contributed by atoms with Crippen LogP contribution in [0.2, 0.25) is 10.0 Å². The maximum Gasteiger partial charge on any atom is 0.224 e. The maximum absolute atomic E-state index is 12.8. The molecule has 1 atom stereocenters. The summed E-state index contributed by atoms with van der Waals surface area (Å²) >= 11 is 11.7. The second-order valence-corrected chi connectivity index (χ2v) is 5.61. The van der Waals surface area contributed by atoms with Crippen LogP contribution in [0.1, 0.15) is 17.2 Å². The van der Waals surface area contributed by atoms with Crippen molar-refractivity contribution in [2.45, 2.75) is 12.5 Å². The number of aliphatic hydroxyl groups excluding tert-OH is 1. The number of halogens is 3. The highest BCUT2D eigenvalue weighted by molar-refractivity contribution is 6.42. The number of carbonyl (C=O) groups is 1. The summed E-state index contributed by atoms with van der Waals surface area (Å²) in [7, 11) is 0. The highest BCUT2D eigenvalue weighted by Crippen LogP contribution is 2.22. The lowest BCUT2D eigenvalue weighted by Gasteiger charge is -2.12. The van der Waals surface area contributed by atoms with Gasteiger partial charge in [0.05, 0.1) is 22.6 Å². The van der Waals surface area contributed by atoms with E-state index in [1.54, 1.807) is 18.2 Å². The maximum atomic E-state index is 12.8. The van der Waals surface area contributed by atoms with Crippen LogP contribution < -0.4 is 5.32 Å². The summed E-state index contributed by atoms with van der Waals surface area (Å²) < 4.78 is 12.8. The molecule has 0 aromatic heterocycles. The molecular formula is C16H14Cl2FNO2. The van der Waals surface area contributed by atoms with Gasteiger partial charge < -0.3 is 10.4 Å². The van der Waals surface area contributed by atoms with Crippen LogP contribution in [0.15, 0.2) is 42.5 Å². The van der Waals surface area contributed by atoms with Crippen molar-refractivity contribution in [3.8, 4) is 0 Å². The zero-order valence-corrected chi connectivity index (χ0v) is 13.0. The number of nitrogens with one attached hydrogen (secondary N) is 1. The van der Waals surface area contributed by atoms with Gasteiger partial charge in [-0.3, -0.25) is 4.79 Å². The zero-order chi connectivity index (χ0) is 16.1. The SMILES string of the molecule is O=C(Cc1ccc(Cl)c(Cl)c1)NCC(O)c1ccc(F)cc1. The van der Waals surface area contributed by atoms with Gasteiger partial charge in [0.2, 0.25) is 5.91 Å². The number of aliphatic hydroxyl groups is 1. The molecule has 0 bridgehead atoms. The summed E-state index contributed by atoms with van der Waals surface area (Å²) in [5.41, 5.74) is 1.26. The second-order valence-electron chi connectivity index (χ2n) is 4.80. The number of hydrogen-bond donors (Lipinski definition) is 2. The third kappa shape index (κ3) is 4.70. The molecule has 0 saturated heterocycles. The number of amides is 1. The molecule has 6 heteroatoms. The van der Waals surface area contributed by atoms with Crippen molar-refractivity contribution in [3.63, 3.8) is 0 Å². The van der Waals surface area contributed by atoms with Crippen LogP contribution in [-0.4, -0.2) is 17.6 Å². The first-order valence-corrected chi connectivity index (χ1v) is 7.35. The molecule has 2 aromatic rings. The molecule has 1 amide bonds. The molecular weight excluding hydrogens is 328 g/mol. The predicted molar refractivity (Wildman–Crippen MR) is 84.5 cm³/mol. The molecule has 0 aliphatic rings. The van der Waals surface area contributed by atoms with E-state index in [1.807, 2.05) is 0 Å². The first-order chi connectivity index (χ1) is 10.5. The molecule has 2 aromatic carbocycles. The van der Waals surface area contributed by atoms with E-state index in [0.29, 0.717) is 15.6 Å². The monoisotopic (exact) mass is 341 g/mol. The van der Waals surface area contributed by atoms with Crippen LogP contribution in [0.3, 0.4) is 0 Å². The van der Waals surface area contributed by atoms with Crippen molar-refractivity contribution in [2.24, 2.45) is 0 Å². The minimum absolute atomic E-state index is 0.0474. The van der Waals surface area contributed by atoms with Crippen molar-refractivity contribution >= 4 is 29.1 Å². The average molecular weight is 342 g/mol. The van der Waals surface area contributed by atoms with Gasteiger partial charge in [-0.2, -0.15) is 0 Å². The van der Waals surface area contributed by atoms with Crippen LogP contribution in [0.4, 0.5) is 4.39 Å². The van der Waals surface area contributed by atoms with Crippen LogP contribution in [0.25, 0.3) is 0 Å². The summed E-state index contributed by atoms with van der Waals surface area (Å²) in [6, 6.07) is 10.4. The molecule has 2 rings (SSSR count). The molecule has 22 heavy (non-hydrogen) atoms. The summed E-state index contributed by atoms with van der Waals surface area (Å²) in [6.45, 7) is 0.0474. The Morgan fingerprint density at radius 2 is 1.82 bits per heavy atom. The van der Waals surface area contributed by atoms with E-state index in [-0.39, 0.29) is 24.7 Å². The minimum Gasteiger partial charge on any atom is -0.387 e. The van der Waals surface area contributed by atoms with E-state index in [2.05, 4.69) is 5.32 Å². The van der Waals surface area contributed by atoms with Crippen LogP contribution >= 0.6 is 23.2 Å². The van der Waals surface area contributed by atoms with Crippen molar-refractivity contribution in [2.75, 3.05) is 6.54 Å². The van der Waals surface area contributed by atoms with Gasteiger partial charge in [-0.05, 0) is 35.4 Å². The number of carbonyl (C=O) groups excluding carboxylic acids is 1. The topological polar surface area (TPSA) is 49.3 Å². The lowest BCUT2D eigenvalue weighted by Crippen LogP contribution is -2.29. The van der Waals surface area contributed by atoms with Crippen molar-refractivity contribution < 1.29 is 14.3 Å². The predicted octanol–water partition coefficient (Wildman–Crippen LogP) is 3.52. The van der Waals surface area contributed by atoms with Gasteiger partial charge >= 0.3 is 0 Å². The Morgan fingerprint density at radius 3 is 2.45 bits per heavy atom. The summed E-state index contributed by atoms with van der Waals surface area (Å²) in [6.07, 6.45) is -0.758.